The van der Waals surface area contributed by atoms with Crippen LogP contribution >= 0.6 is 0 Å². The molecular weight excluding hydrogens is 308 g/mol. The van der Waals surface area contributed by atoms with Crippen LogP contribution in [0, 0.1) is 17.0 Å². The molecule has 0 unspecified atom stereocenters. The highest BCUT2D eigenvalue weighted by Gasteiger charge is 2.11. The molecule has 2 aromatic carbocycles. The summed E-state index contributed by atoms with van der Waals surface area (Å²) < 4.78 is 5.56. The summed E-state index contributed by atoms with van der Waals surface area (Å²) in [7, 11) is 0. The van der Waals surface area contributed by atoms with Crippen LogP contribution in [0.5, 0.6) is 5.75 Å². The Balaban J connectivity index is 1.99. The van der Waals surface area contributed by atoms with E-state index in [4.69, 9.17) is 4.74 Å². The van der Waals surface area contributed by atoms with Crippen LogP contribution in [0.1, 0.15) is 11.1 Å². The first-order valence-electron chi connectivity index (χ1n) is 7.37. The maximum absolute atomic E-state index is 12.0. The van der Waals surface area contributed by atoms with Crippen molar-refractivity contribution in [3.05, 3.63) is 76.4 Å². The monoisotopic (exact) mass is 326 g/mol. The van der Waals surface area contributed by atoms with Crippen LogP contribution in [0.2, 0.25) is 0 Å². The van der Waals surface area contributed by atoms with E-state index in [1.54, 1.807) is 19.1 Å². The highest BCUT2D eigenvalue weighted by atomic mass is 16.6. The van der Waals surface area contributed by atoms with E-state index >= 15 is 0 Å². The number of amides is 1. The van der Waals surface area contributed by atoms with Crippen molar-refractivity contribution in [2.45, 2.75) is 13.3 Å². The molecule has 2 aromatic rings. The number of carbonyl (C=O) groups is 1. The maximum atomic E-state index is 12.0. The molecule has 0 heterocycles. The summed E-state index contributed by atoms with van der Waals surface area (Å²) in [6, 6.07) is 11.7. The van der Waals surface area contributed by atoms with E-state index in [9.17, 15) is 14.9 Å². The Kier molecular flexibility index (Phi) is 5.68. The summed E-state index contributed by atoms with van der Waals surface area (Å²) in [5.41, 5.74) is 2.07. The third-order valence-electron chi connectivity index (χ3n) is 3.39. The van der Waals surface area contributed by atoms with Crippen molar-refractivity contribution in [1.82, 2.24) is 0 Å². The van der Waals surface area contributed by atoms with Gasteiger partial charge in [0.2, 0.25) is 0 Å². The molecule has 0 aromatic heterocycles. The van der Waals surface area contributed by atoms with Crippen LogP contribution < -0.4 is 10.1 Å². The predicted molar refractivity (Wildman–Crippen MR) is 92.3 cm³/mol. The highest BCUT2D eigenvalue weighted by molar-refractivity contribution is 5.92. The van der Waals surface area contributed by atoms with Crippen LogP contribution in [-0.2, 0) is 11.2 Å². The third kappa shape index (κ3) is 4.42. The molecule has 6 nitrogen and oxygen atoms in total. The first-order valence-corrected chi connectivity index (χ1v) is 7.37. The molecule has 0 saturated carbocycles. The van der Waals surface area contributed by atoms with Crippen molar-refractivity contribution in [3.63, 3.8) is 0 Å². The van der Waals surface area contributed by atoms with Crippen molar-refractivity contribution in [2.75, 3.05) is 11.9 Å². The Morgan fingerprint density at radius 3 is 2.75 bits per heavy atom. The van der Waals surface area contributed by atoms with Gasteiger partial charge >= 0.3 is 0 Å². The molecule has 1 amide bonds. The van der Waals surface area contributed by atoms with Crippen molar-refractivity contribution in [3.8, 4) is 5.75 Å². The van der Waals surface area contributed by atoms with Crippen molar-refractivity contribution >= 4 is 17.3 Å². The summed E-state index contributed by atoms with van der Waals surface area (Å²) >= 11 is 0. The predicted octanol–water partition coefficient (Wildman–Crippen LogP) is 3.65. The molecule has 0 spiro atoms. The second-order valence-corrected chi connectivity index (χ2v) is 5.19. The van der Waals surface area contributed by atoms with Crippen LogP contribution in [0.15, 0.2) is 55.1 Å². The van der Waals surface area contributed by atoms with E-state index in [2.05, 4.69) is 11.9 Å². The number of ether oxygens (including phenoxy) is 1. The van der Waals surface area contributed by atoms with Gasteiger partial charge in [-0.15, -0.1) is 6.58 Å². The van der Waals surface area contributed by atoms with Crippen LogP contribution in [0.25, 0.3) is 0 Å². The summed E-state index contributed by atoms with van der Waals surface area (Å²) in [5, 5.41) is 13.4. The average Bonchev–Trinajstić information content (AvgIpc) is 2.56. The number of nitrogens with zero attached hydrogens (tertiary/aromatic N) is 1. The van der Waals surface area contributed by atoms with E-state index in [1.165, 1.54) is 18.2 Å². The Hall–Kier alpha value is -3.15. The number of nitro benzene ring substituents is 1. The standard InChI is InChI=1S/C18H18N2O4/c1-3-6-14-7-4-5-8-17(14)24-12-18(21)19-16-10-9-15(20(22)23)11-13(16)2/h3-5,7-11H,1,6,12H2,2H3,(H,19,21). The van der Waals surface area contributed by atoms with Gasteiger partial charge in [-0.25, -0.2) is 0 Å². The molecule has 0 aliphatic heterocycles. The van der Waals surface area contributed by atoms with Gasteiger partial charge in [-0.1, -0.05) is 24.3 Å². The number of hydrogen-bond acceptors (Lipinski definition) is 4. The first kappa shape index (κ1) is 17.2. The van der Waals surface area contributed by atoms with E-state index in [1.807, 2.05) is 18.2 Å². The number of allylic oxidation sites excluding steroid dienone is 1. The Labute approximate surface area is 139 Å². The van der Waals surface area contributed by atoms with Crippen molar-refractivity contribution < 1.29 is 14.5 Å². The second-order valence-electron chi connectivity index (χ2n) is 5.19. The number of nitrogens with one attached hydrogen (secondary N) is 1. The fraction of sp³-hybridized carbons (Fsp3) is 0.167. The lowest BCUT2D eigenvalue weighted by molar-refractivity contribution is -0.384. The third-order valence-corrected chi connectivity index (χ3v) is 3.39. The summed E-state index contributed by atoms with van der Waals surface area (Å²) in [4.78, 5) is 22.3. The molecule has 0 bridgehead atoms. The van der Waals surface area contributed by atoms with E-state index in [-0.39, 0.29) is 18.2 Å². The van der Waals surface area contributed by atoms with E-state index in [0.29, 0.717) is 23.4 Å². The molecule has 0 atom stereocenters. The number of anilines is 1. The first-order chi connectivity index (χ1) is 11.5. The van der Waals surface area contributed by atoms with Gasteiger partial charge in [-0.2, -0.15) is 0 Å². The van der Waals surface area contributed by atoms with Crippen LogP contribution in [0.4, 0.5) is 11.4 Å². The number of carbonyl (C=O) groups excluding carboxylic acids is 1. The van der Waals surface area contributed by atoms with Crippen molar-refractivity contribution in [2.24, 2.45) is 0 Å². The fourth-order valence-electron chi connectivity index (χ4n) is 2.20. The molecule has 24 heavy (non-hydrogen) atoms. The van der Waals surface area contributed by atoms with Gasteiger partial charge in [-0.3, -0.25) is 14.9 Å². The van der Waals surface area contributed by atoms with Gasteiger partial charge in [0.25, 0.3) is 11.6 Å². The molecule has 1 N–H and O–H groups in total. The van der Waals surface area contributed by atoms with Gasteiger partial charge in [-0.05, 0) is 36.6 Å². The van der Waals surface area contributed by atoms with Gasteiger partial charge in [0.05, 0.1) is 4.92 Å². The smallest absolute Gasteiger partial charge is 0.269 e. The van der Waals surface area contributed by atoms with E-state index in [0.717, 1.165) is 5.56 Å². The number of aryl methyl sites for hydroxylation is 1. The zero-order chi connectivity index (χ0) is 17.5. The SMILES string of the molecule is C=CCc1ccccc1OCC(=O)Nc1ccc([N+](=O)[O-])cc1C. The molecule has 0 aliphatic rings. The van der Waals surface area contributed by atoms with Crippen LogP contribution in [0.3, 0.4) is 0 Å². The summed E-state index contributed by atoms with van der Waals surface area (Å²) in [6.07, 6.45) is 2.42. The highest BCUT2D eigenvalue weighted by Crippen LogP contribution is 2.22. The number of non-ortho nitro benzene ring substituents is 1. The lowest BCUT2D eigenvalue weighted by atomic mass is 10.1. The van der Waals surface area contributed by atoms with Crippen LogP contribution in [-0.4, -0.2) is 17.4 Å². The number of benzene rings is 2. The Morgan fingerprint density at radius 1 is 1.33 bits per heavy atom. The summed E-state index contributed by atoms with van der Waals surface area (Å²) in [5.74, 6) is 0.299. The maximum Gasteiger partial charge on any atom is 0.269 e. The minimum absolute atomic E-state index is 0.0138. The zero-order valence-electron chi connectivity index (χ0n) is 13.3. The van der Waals surface area contributed by atoms with Gasteiger partial charge < -0.3 is 10.1 Å². The number of rotatable bonds is 7. The number of para-hydroxylation sites is 1. The molecule has 0 fully saturated rings. The lowest BCUT2D eigenvalue weighted by Gasteiger charge is -2.11. The molecular formula is C18H18N2O4. The molecule has 0 radical (unpaired) electrons. The van der Waals surface area contributed by atoms with Gasteiger partial charge in [0.1, 0.15) is 5.75 Å². The van der Waals surface area contributed by atoms with Gasteiger partial charge in [0, 0.05) is 17.8 Å². The molecule has 6 heteroatoms. The quantitative estimate of drug-likeness (QED) is 0.478. The molecule has 0 aliphatic carbocycles. The molecule has 0 saturated heterocycles. The average molecular weight is 326 g/mol. The minimum atomic E-state index is -0.474. The largest absolute Gasteiger partial charge is 0.483 e. The van der Waals surface area contributed by atoms with E-state index < -0.39 is 4.92 Å². The summed E-state index contributed by atoms with van der Waals surface area (Å²) in [6.45, 7) is 5.24. The number of hydrogen-bond donors (Lipinski definition) is 1. The lowest BCUT2D eigenvalue weighted by Crippen LogP contribution is -2.21. The van der Waals surface area contributed by atoms with Gasteiger partial charge in [0.15, 0.2) is 6.61 Å². The Bertz CT molecular complexity index is 771. The minimum Gasteiger partial charge on any atom is -0.483 e. The number of nitro groups is 1. The fourth-order valence-corrected chi connectivity index (χ4v) is 2.20. The second kappa shape index (κ2) is 7.92. The molecule has 124 valence electrons. The topological polar surface area (TPSA) is 81.5 Å². The molecule has 2 rings (SSSR count). The van der Waals surface area contributed by atoms with Crippen molar-refractivity contribution in [1.29, 1.82) is 0 Å². The Morgan fingerprint density at radius 2 is 2.08 bits per heavy atom. The zero-order valence-corrected chi connectivity index (χ0v) is 13.3. The normalized spacial score (nSPS) is 10.0.